The fourth-order valence-electron chi connectivity index (χ4n) is 3.46. The number of rotatable bonds is 4. The van der Waals surface area contributed by atoms with Crippen molar-refractivity contribution in [1.82, 2.24) is 9.88 Å². The number of halogens is 2. The summed E-state index contributed by atoms with van der Waals surface area (Å²) < 4.78 is 27.7. The number of nitrogens with zero attached hydrogens (tertiary/aromatic N) is 2. The first kappa shape index (κ1) is 20.7. The van der Waals surface area contributed by atoms with Crippen LogP contribution in [0.25, 0.3) is 11.1 Å². The molecule has 0 aliphatic carbocycles. The predicted molar refractivity (Wildman–Crippen MR) is 114 cm³/mol. The Labute approximate surface area is 180 Å². The van der Waals surface area contributed by atoms with Crippen LogP contribution < -0.4 is 5.32 Å². The molecule has 0 radical (unpaired) electrons. The second kappa shape index (κ2) is 8.65. The summed E-state index contributed by atoms with van der Waals surface area (Å²) in [6, 6.07) is 9.92. The van der Waals surface area contributed by atoms with E-state index in [-0.39, 0.29) is 6.54 Å². The largest absolute Gasteiger partial charge is 0.465 e. The number of benzene rings is 2. The van der Waals surface area contributed by atoms with Gasteiger partial charge in [0.25, 0.3) is 5.91 Å². The van der Waals surface area contributed by atoms with Crippen LogP contribution in [0.1, 0.15) is 27.3 Å². The van der Waals surface area contributed by atoms with Crippen molar-refractivity contribution in [2.24, 2.45) is 0 Å². The third kappa shape index (κ3) is 4.31. The summed E-state index contributed by atoms with van der Waals surface area (Å²) in [7, 11) is 0. The molecule has 9 heteroatoms. The molecule has 0 bridgehead atoms. The highest BCUT2D eigenvalue weighted by Crippen LogP contribution is 2.34. The Kier molecular flexibility index (Phi) is 5.77. The average Bonchev–Trinajstić information content (AvgIpc) is 3.28. The Bertz CT molecular complexity index is 1140. The summed E-state index contributed by atoms with van der Waals surface area (Å²) in [5.41, 5.74) is 2.31. The van der Waals surface area contributed by atoms with E-state index < -0.39 is 29.2 Å². The summed E-state index contributed by atoms with van der Waals surface area (Å²) >= 11 is 1.49. The summed E-state index contributed by atoms with van der Waals surface area (Å²) in [5, 5.41) is 14.6. The number of hydrogen-bond acceptors (Lipinski definition) is 4. The van der Waals surface area contributed by atoms with Crippen molar-refractivity contribution in [3.05, 3.63) is 81.8 Å². The number of aromatic nitrogens is 1. The van der Waals surface area contributed by atoms with Crippen molar-refractivity contribution in [3.8, 4) is 0 Å². The lowest BCUT2D eigenvalue weighted by atomic mass is 9.94. The van der Waals surface area contributed by atoms with Gasteiger partial charge in [0.05, 0.1) is 0 Å². The Balaban J connectivity index is 1.61. The third-order valence-corrected chi connectivity index (χ3v) is 5.82. The van der Waals surface area contributed by atoms with Crippen LogP contribution in [0.4, 0.5) is 19.3 Å². The molecule has 4 rings (SSSR count). The van der Waals surface area contributed by atoms with E-state index in [1.54, 1.807) is 30.5 Å². The van der Waals surface area contributed by atoms with Gasteiger partial charge >= 0.3 is 6.09 Å². The van der Waals surface area contributed by atoms with Crippen molar-refractivity contribution in [3.63, 3.8) is 0 Å². The minimum Gasteiger partial charge on any atom is -0.465 e. The number of anilines is 1. The van der Waals surface area contributed by atoms with Gasteiger partial charge in [0.2, 0.25) is 0 Å². The predicted octanol–water partition coefficient (Wildman–Crippen LogP) is 4.97. The normalized spacial score (nSPS) is 13.9. The van der Waals surface area contributed by atoms with Crippen LogP contribution in [0.15, 0.2) is 54.0 Å². The minimum atomic E-state index is -0.994. The van der Waals surface area contributed by atoms with Crippen LogP contribution in [0.2, 0.25) is 0 Å². The molecule has 2 N–H and O–H groups in total. The molecule has 1 aliphatic heterocycles. The van der Waals surface area contributed by atoms with E-state index in [2.05, 4.69) is 10.3 Å². The number of carboxylic acid groups (broad SMARTS) is 1. The topological polar surface area (TPSA) is 82.5 Å². The van der Waals surface area contributed by atoms with E-state index in [1.165, 1.54) is 22.3 Å². The molecule has 0 spiro atoms. The second-order valence-corrected chi connectivity index (χ2v) is 7.77. The fraction of sp³-hybridized carbons (Fsp3) is 0.136. The SMILES string of the molecule is O=C(Nc1ccc(C2=C(c3nccs3)CCN(C(=O)O)C2)cc1)c1c(F)cccc1F. The number of carbonyl (C=O) groups excluding carboxylic acids is 1. The minimum absolute atomic E-state index is 0.219. The molecular formula is C22H17F2N3O3S. The molecule has 0 saturated carbocycles. The van der Waals surface area contributed by atoms with Crippen molar-refractivity contribution in [2.45, 2.75) is 6.42 Å². The van der Waals surface area contributed by atoms with E-state index in [9.17, 15) is 23.5 Å². The van der Waals surface area contributed by atoms with E-state index in [4.69, 9.17) is 0 Å². The zero-order chi connectivity index (χ0) is 22.0. The third-order valence-electron chi connectivity index (χ3n) is 4.99. The molecule has 0 fully saturated rings. The summed E-state index contributed by atoms with van der Waals surface area (Å²) in [4.78, 5) is 29.5. The van der Waals surface area contributed by atoms with Crippen LogP contribution in [-0.4, -0.2) is 40.1 Å². The highest BCUT2D eigenvalue weighted by atomic mass is 32.1. The Morgan fingerprint density at radius 2 is 1.77 bits per heavy atom. The van der Waals surface area contributed by atoms with Gasteiger partial charge in [-0.05, 0) is 47.4 Å². The number of thiazole rings is 1. The number of amides is 2. The second-order valence-electron chi connectivity index (χ2n) is 6.88. The Morgan fingerprint density at radius 3 is 2.39 bits per heavy atom. The van der Waals surface area contributed by atoms with Gasteiger partial charge in [0, 0.05) is 30.4 Å². The number of hydrogen-bond donors (Lipinski definition) is 2. The first-order chi connectivity index (χ1) is 14.9. The van der Waals surface area contributed by atoms with E-state index >= 15 is 0 Å². The Morgan fingerprint density at radius 1 is 1.06 bits per heavy atom. The van der Waals surface area contributed by atoms with E-state index in [0.29, 0.717) is 18.7 Å². The zero-order valence-corrected chi connectivity index (χ0v) is 17.0. The van der Waals surface area contributed by atoms with Crippen LogP contribution in [0.5, 0.6) is 0 Å². The number of nitrogens with one attached hydrogen (secondary N) is 1. The first-order valence-electron chi connectivity index (χ1n) is 9.39. The molecule has 158 valence electrons. The van der Waals surface area contributed by atoms with Gasteiger partial charge in [-0.25, -0.2) is 18.6 Å². The lowest BCUT2D eigenvalue weighted by Gasteiger charge is -2.28. The highest BCUT2D eigenvalue weighted by molar-refractivity contribution is 7.10. The first-order valence-corrected chi connectivity index (χ1v) is 10.3. The van der Waals surface area contributed by atoms with Crippen LogP contribution in [0.3, 0.4) is 0 Å². The van der Waals surface area contributed by atoms with Gasteiger partial charge in [0.1, 0.15) is 22.2 Å². The molecule has 6 nitrogen and oxygen atoms in total. The van der Waals surface area contributed by atoms with Gasteiger partial charge in [-0.2, -0.15) is 0 Å². The monoisotopic (exact) mass is 441 g/mol. The quantitative estimate of drug-likeness (QED) is 0.599. The lowest BCUT2D eigenvalue weighted by Crippen LogP contribution is -2.35. The summed E-state index contributed by atoms with van der Waals surface area (Å²) in [5.74, 6) is -2.77. The average molecular weight is 441 g/mol. The standard InChI is InChI=1S/C22H17F2N3O3S/c23-17-2-1-3-18(24)19(17)20(28)26-14-6-4-13(5-7-14)16-12-27(22(29)30)10-8-15(16)21-25-9-11-31-21/h1-7,9,11H,8,10,12H2,(H,26,28)(H,29,30). The van der Waals surface area contributed by atoms with Gasteiger partial charge in [-0.15, -0.1) is 11.3 Å². The highest BCUT2D eigenvalue weighted by Gasteiger charge is 2.25. The van der Waals surface area contributed by atoms with Gasteiger partial charge in [0.15, 0.2) is 0 Å². The molecule has 0 unspecified atom stereocenters. The fourth-order valence-corrected chi connectivity index (χ4v) is 4.20. The molecule has 0 atom stereocenters. The number of carbonyl (C=O) groups is 2. The summed E-state index contributed by atoms with van der Waals surface area (Å²) in [6.45, 7) is 0.604. The van der Waals surface area contributed by atoms with Gasteiger partial charge < -0.3 is 15.3 Å². The molecule has 3 aromatic rings. The maximum atomic E-state index is 13.8. The molecule has 2 heterocycles. The zero-order valence-electron chi connectivity index (χ0n) is 16.1. The maximum Gasteiger partial charge on any atom is 0.407 e. The van der Waals surface area contributed by atoms with Crippen LogP contribution >= 0.6 is 11.3 Å². The summed E-state index contributed by atoms with van der Waals surface area (Å²) in [6.07, 6.45) is 1.25. The van der Waals surface area contributed by atoms with Crippen molar-refractivity contribution in [1.29, 1.82) is 0 Å². The molecule has 2 aromatic carbocycles. The molecule has 2 amide bonds. The molecule has 1 aromatic heterocycles. The van der Waals surface area contributed by atoms with Crippen molar-refractivity contribution >= 4 is 40.2 Å². The Hall–Kier alpha value is -3.59. The molecule has 1 aliphatic rings. The maximum absolute atomic E-state index is 13.8. The smallest absolute Gasteiger partial charge is 0.407 e. The molecule has 0 saturated heterocycles. The van der Waals surface area contributed by atoms with Crippen LogP contribution in [0, 0.1) is 11.6 Å². The van der Waals surface area contributed by atoms with E-state index in [0.717, 1.165) is 33.9 Å². The van der Waals surface area contributed by atoms with Crippen molar-refractivity contribution < 1.29 is 23.5 Å². The van der Waals surface area contributed by atoms with Crippen LogP contribution in [-0.2, 0) is 0 Å². The van der Waals surface area contributed by atoms with Gasteiger partial charge in [-0.1, -0.05) is 18.2 Å². The molecular weight excluding hydrogens is 424 g/mol. The van der Waals surface area contributed by atoms with E-state index in [1.807, 2.05) is 5.38 Å². The van der Waals surface area contributed by atoms with Crippen molar-refractivity contribution in [2.75, 3.05) is 18.4 Å². The lowest BCUT2D eigenvalue weighted by molar-refractivity contribution is 0.101. The van der Waals surface area contributed by atoms with Gasteiger partial charge in [-0.3, -0.25) is 4.79 Å². The molecule has 31 heavy (non-hydrogen) atoms.